The molecule has 0 spiro atoms. The van der Waals surface area contributed by atoms with Crippen LogP contribution in [0.15, 0.2) is 77.7 Å². The third-order valence-corrected chi connectivity index (χ3v) is 7.92. The molecular weight excluding hydrogens is 508 g/mol. The molecule has 0 aliphatic carbocycles. The average molecular weight is 539 g/mol. The third-order valence-electron chi connectivity index (χ3n) is 6.14. The Morgan fingerprint density at radius 2 is 1.76 bits per heavy atom. The fourth-order valence-corrected chi connectivity index (χ4v) is 5.69. The van der Waals surface area contributed by atoms with Crippen molar-refractivity contribution in [3.05, 3.63) is 83.9 Å². The van der Waals surface area contributed by atoms with E-state index in [1.807, 2.05) is 25.1 Å². The van der Waals surface area contributed by atoms with Gasteiger partial charge in [0.25, 0.3) is 0 Å². The van der Waals surface area contributed by atoms with Gasteiger partial charge < -0.3 is 19.1 Å². The molecular formula is C28H30N2O7S. The Balaban J connectivity index is 1.68. The minimum Gasteiger partial charge on any atom is -0.494 e. The summed E-state index contributed by atoms with van der Waals surface area (Å²) in [7, 11) is -2.85. The lowest BCUT2D eigenvalue weighted by Gasteiger charge is -2.34. The Morgan fingerprint density at radius 3 is 2.45 bits per heavy atom. The van der Waals surface area contributed by atoms with Gasteiger partial charge in [-0.3, -0.25) is 4.79 Å². The zero-order valence-electron chi connectivity index (χ0n) is 21.5. The van der Waals surface area contributed by atoms with Gasteiger partial charge in [-0.25, -0.2) is 13.2 Å². The van der Waals surface area contributed by atoms with Crippen molar-refractivity contribution in [3.8, 4) is 11.5 Å². The molecule has 0 N–H and O–H groups in total. The number of carbonyl (C=O) groups is 2. The molecule has 0 bridgehead atoms. The van der Waals surface area contributed by atoms with E-state index in [-0.39, 0.29) is 18.0 Å². The number of hydrogen-bond acceptors (Lipinski definition) is 7. The van der Waals surface area contributed by atoms with Gasteiger partial charge in [-0.1, -0.05) is 42.5 Å². The molecule has 10 heteroatoms. The molecule has 3 aromatic rings. The monoisotopic (exact) mass is 538 g/mol. The highest BCUT2D eigenvalue weighted by atomic mass is 32.2. The first-order valence-corrected chi connectivity index (χ1v) is 13.6. The van der Waals surface area contributed by atoms with Gasteiger partial charge in [0.05, 0.1) is 37.4 Å². The van der Waals surface area contributed by atoms with E-state index in [0.29, 0.717) is 29.4 Å². The number of para-hydroxylation sites is 2. The summed E-state index contributed by atoms with van der Waals surface area (Å²) in [5.74, 6) is -0.203. The number of carbonyl (C=O) groups excluding carboxylic acids is 2. The van der Waals surface area contributed by atoms with Crippen LogP contribution in [0.25, 0.3) is 0 Å². The summed E-state index contributed by atoms with van der Waals surface area (Å²) >= 11 is 0. The van der Waals surface area contributed by atoms with Crippen molar-refractivity contribution in [2.24, 2.45) is 0 Å². The number of rotatable bonds is 9. The minimum atomic E-state index is -4.09. The highest BCUT2D eigenvalue weighted by Crippen LogP contribution is 2.34. The lowest BCUT2D eigenvalue weighted by molar-refractivity contribution is -0.148. The summed E-state index contributed by atoms with van der Waals surface area (Å²) in [5, 5.41) is 0. The predicted molar refractivity (Wildman–Crippen MR) is 142 cm³/mol. The molecule has 1 aliphatic heterocycles. The van der Waals surface area contributed by atoms with Crippen LogP contribution in [-0.4, -0.2) is 57.5 Å². The second-order valence-corrected chi connectivity index (χ2v) is 10.7. The maximum atomic E-state index is 13.9. The first-order chi connectivity index (χ1) is 18.2. The molecule has 0 aromatic heterocycles. The summed E-state index contributed by atoms with van der Waals surface area (Å²) in [6.07, 6.45) is -1.04. The molecule has 1 heterocycles. The predicted octanol–water partition coefficient (Wildman–Crippen LogP) is 3.55. The second kappa shape index (κ2) is 11.7. The van der Waals surface area contributed by atoms with E-state index in [9.17, 15) is 18.0 Å². The van der Waals surface area contributed by atoms with E-state index < -0.39 is 34.5 Å². The van der Waals surface area contributed by atoms with E-state index in [4.69, 9.17) is 14.2 Å². The number of hydrogen-bond donors (Lipinski definition) is 0. The average Bonchev–Trinajstić information content (AvgIpc) is 2.93. The summed E-state index contributed by atoms with van der Waals surface area (Å²) in [6.45, 7) is 3.50. The van der Waals surface area contributed by atoms with E-state index in [1.54, 1.807) is 55.5 Å². The summed E-state index contributed by atoms with van der Waals surface area (Å²) < 4.78 is 45.0. The number of sulfonamides is 1. The molecule has 1 amide bonds. The van der Waals surface area contributed by atoms with Crippen LogP contribution in [0.1, 0.15) is 18.1 Å². The van der Waals surface area contributed by atoms with Crippen molar-refractivity contribution in [2.75, 3.05) is 31.7 Å². The highest BCUT2D eigenvalue weighted by Gasteiger charge is 2.36. The molecule has 200 valence electrons. The Bertz CT molecular complexity index is 1410. The van der Waals surface area contributed by atoms with Crippen LogP contribution < -0.4 is 14.4 Å². The van der Waals surface area contributed by atoms with Crippen molar-refractivity contribution < 1.29 is 32.2 Å². The third kappa shape index (κ3) is 5.81. The SMILES string of the molecule is CCOc1ccc(S(=O)(=O)N(CC(=O)N2C[C@H](C(=O)OC)Oc3ccccc32)Cc2ccccc2)cc1C. The molecule has 0 saturated carbocycles. The first kappa shape index (κ1) is 27.2. The Kier molecular flexibility index (Phi) is 8.33. The molecule has 0 unspecified atom stereocenters. The number of ether oxygens (including phenoxy) is 3. The van der Waals surface area contributed by atoms with Gasteiger partial charge in [0.15, 0.2) is 0 Å². The molecule has 38 heavy (non-hydrogen) atoms. The maximum absolute atomic E-state index is 13.9. The molecule has 0 saturated heterocycles. The number of methoxy groups -OCH3 is 1. The van der Waals surface area contributed by atoms with Gasteiger partial charge in [0.2, 0.25) is 22.0 Å². The molecule has 9 nitrogen and oxygen atoms in total. The number of nitrogens with zero attached hydrogens (tertiary/aromatic N) is 2. The van der Waals surface area contributed by atoms with Crippen molar-refractivity contribution in [2.45, 2.75) is 31.4 Å². The molecule has 1 atom stereocenters. The number of aryl methyl sites for hydroxylation is 1. The first-order valence-electron chi connectivity index (χ1n) is 12.2. The van der Waals surface area contributed by atoms with Gasteiger partial charge in [-0.2, -0.15) is 4.31 Å². The minimum absolute atomic E-state index is 0.0202. The number of fused-ring (bicyclic) bond motifs is 1. The second-order valence-electron chi connectivity index (χ2n) is 8.72. The Labute approximate surface area is 222 Å². The van der Waals surface area contributed by atoms with Crippen LogP contribution in [-0.2, 0) is 30.9 Å². The topological polar surface area (TPSA) is 102 Å². The van der Waals surface area contributed by atoms with Crippen molar-refractivity contribution in [3.63, 3.8) is 0 Å². The lowest BCUT2D eigenvalue weighted by atomic mass is 10.2. The molecule has 3 aromatic carbocycles. The van der Waals surface area contributed by atoms with Gasteiger partial charge in [0.1, 0.15) is 11.5 Å². The summed E-state index contributed by atoms with van der Waals surface area (Å²) in [5.41, 5.74) is 1.84. The zero-order chi connectivity index (χ0) is 27.3. The molecule has 4 rings (SSSR count). The van der Waals surface area contributed by atoms with E-state index in [2.05, 4.69) is 0 Å². The number of anilines is 1. The number of amides is 1. The van der Waals surface area contributed by atoms with Crippen molar-refractivity contribution in [1.82, 2.24) is 4.31 Å². The Hall–Kier alpha value is -3.89. The quantitative estimate of drug-likeness (QED) is 0.384. The van der Waals surface area contributed by atoms with Gasteiger partial charge in [-0.15, -0.1) is 0 Å². The maximum Gasteiger partial charge on any atom is 0.348 e. The van der Waals surface area contributed by atoms with Gasteiger partial charge >= 0.3 is 5.97 Å². The van der Waals surface area contributed by atoms with Crippen LogP contribution in [0.4, 0.5) is 5.69 Å². The van der Waals surface area contributed by atoms with Gasteiger partial charge in [-0.05, 0) is 55.3 Å². The van der Waals surface area contributed by atoms with Crippen molar-refractivity contribution >= 4 is 27.6 Å². The van der Waals surface area contributed by atoms with Crippen LogP contribution >= 0.6 is 0 Å². The molecule has 0 fully saturated rings. The number of esters is 1. The van der Waals surface area contributed by atoms with Crippen LogP contribution in [0, 0.1) is 6.92 Å². The van der Waals surface area contributed by atoms with Crippen LogP contribution in [0.5, 0.6) is 11.5 Å². The van der Waals surface area contributed by atoms with Crippen LogP contribution in [0.2, 0.25) is 0 Å². The summed E-state index contributed by atoms with van der Waals surface area (Å²) in [4.78, 5) is 27.4. The van der Waals surface area contributed by atoms with E-state index in [0.717, 1.165) is 9.87 Å². The van der Waals surface area contributed by atoms with Gasteiger partial charge in [0, 0.05) is 6.54 Å². The standard InChI is InChI=1S/C28H30N2O7S/c1-4-36-24-15-14-22(16-20(24)2)38(33,34)29(17-21-10-6-5-7-11-21)19-27(31)30-18-26(28(32)35-3)37-25-13-9-8-12-23(25)30/h5-16,26H,4,17-19H2,1-3H3/t26-/m1/s1. The zero-order valence-corrected chi connectivity index (χ0v) is 22.3. The van der Waals surface area contributed by atoms with Crippen molar-refractivity contribution in [1.29, 1.82) is 0 Å². The van der Waals surface area contributed by atoms with E-state index in [1.165, 1.54) is 18.1 Å². The largest absolute Gasteiger partial charge is 0.494 e. The molecule has 0 radical (unpaired) electrons. The fraction of sp³-hybridized carbons (Fsp3) is 0.286. The highest BCUT2D eigenvalue weighted by molar-refractivity contribution is 7.89. The normalized spacial score (nSPS) is 14.9. The van der Waals surface area contributed by atoms with E-state index >= 15 is 0 Å². The smallest absolute Gasteiger partial charge is 0.348 e. The molecule has 1 aliphatic rings. The summed E-state index contributed by atoms with van der Waals surface area (Å²) in [6, 6.07) is 20.5. The number of benzene rings is 3. The fourth-order valence-electron chi connectivity index (χ4n) is 4.22. The van der Waals surface area contributed by atoms with Crippen LogP contribution in [0.3, 0.4) is 0 Å². The Morgan fingerprint density at radius 1 is 1.05 bits per heavy atom. The lowest BCUT2D eigenvalue weighted by Crippen LogP contribution is -2.50.